The van der Waals surface area contributed by atoms with Gasteiger partial charge in [0.15, 0.2) is 4.96 Å². The van der Waals surface area contributed by atoms with Crippen LogP contribution >= 0.6 is 11.3 Å². The topological polar surface area (TPSA) is 51.0 Å². The fourth-order valence-corrected chi connectivity index (χ4v) is 8.09. The number of aromatic nitrogens is 2. The van der Waals surface area contributed by atoms with Crippen LogP contribution in [0.1, 0.15) is 61.2 Å². The molecule has 2 aromatic rings. The minimum absolute atomic E-state index is 0.142. The molecule has 0 aliphatic heterocycles. The second-order valence-corrected chi connectivity index (χ2v) is 10.4. The van der Waals surface area contributed by atoms with Gasteiger partial charge in [-0.2, -0.15) is 0 Å². The number of quaternary nitrogens is 1. The van der Waals surface area contributed by atoms with Gasteiger partial charge in [-0.25, -0.2) is 4.98 Å². The lowest BCUT2D eigenvalue weighted by Crippen LogP contribution is -2.93. The molecule has 4 bridgehead atoms. The van der Waals surface area contributed by atoms with Crippen molar-refractivity contribution in [2.75, 3.05) is 0 Å². The van der Waals surface area contributed by atoms with Gasteiger partial charge in [-0.05, 0) is 69.6 Å². The number of nitrogens with two attached hydrogens (primary N) is 1. The smallest absolute Gasteiger partial charge is 0.259 e. The van der Waals surface area contributed by atoms with Crippen molar-refractivity contribution in [3.63, 3.8) is 0 Å². The van der Waals surface area contributed by atoms with E-state index in [-0.39, 0.29) is 5.56 Å². The summed E-state index contributed by atoms with van der Waals surface area (Å²) in [6.45, 7) is 0.876. The zero-order valence-corrected chi connectivity index (χ0v) is 16.1. The zero-order valence-electron chi connectivity index (χ0n) is 15.3. The Bertz CT molecular complexity index is 886. The van der Waals surface area contributed by atoms with Crippen molar-refractivity contribution in [2.45, 2.75) is 70.4 Å². The highest BCUT2D eigenvalue weighted by molar-refractivity contribution is 7.17. The molecule has 4 saturated carbocycles. The summed E-state index contributed by atoms with van der Waals surface area (Å²) in [7, 11) is 0. The van der Waals surface area contributed by atoms with E-state index in [9.17, 15) is 4.79 Å². The molecule has 2 N–H and O–H groups in total. The molecule has 0 radical (unpaired) electrons. The highest BCUT2D eigenvalue weighted by Crippen LogP contribution is 2.52. The average Bonchev–Trinajstić information content (AvgIpc) is 2.99. The lowest BCUT2D eigenvalue weighted by Gasteiger charge is -2.52. The van der Waals surface area contributed by atoms with E-state index in [0.717, 1.165) is 59.8 Å². The van der Waals surface area contributed by atoms with Crippen LogP contribution in [0.5, 0.6) is 0 Å². The summed E-state index contributed by atoms with van der Waals surface area (Å²) in [5.74, 6) is 3.90. The van der Waals surface area contributed by atoms with Crippen LogP contribution < -0.4 is 10.9 Å². The van der Waals surface area contributed by atoms with Crippen LogP contribution in [0.15, 0.2) is 10.9 Å². The Morgan fingerprint density at radius 2 is 1.81 bits per heavy atom. The van der Waals surface area contributed by atoms with Gasteiger partial charge in [-0.1, -0.05) is 0 Å². The maximum atomic E-state index is 12.7. The van der Waals surface area contributed by atoms with Crippen molar-refractivity contribution in [3.05, 3.63) is 32.7 Å². The predicted octanol–water partition coefficient (Wildman–Crippen LogP) is 2.52. The molecule has 0 atom stereocenters. The van der Waals surface area contributed by atoms with Crippen molar-refractivity contribution >= 4 is 16.3 Å². The largest absolute Gasteiger partial charge is 0.338 e. The maximum Gasteiger partial charge on any atom is 0.259 e. The number of hydrogen-bond donors (Lipinski definition) is 1. The molecule has 138 valence electrons. The number of aryl methyl sites for hydroxylation is 2. The van der Waals surface area contributed by atoms with E-state index < -0.39 is 0 Å². The van der Waals surface area contributed by atoms with Crippen molar-refractivity contribution in [1.29, 1.82) is 0 Å². The molecule has 26 heavy (non-hydrogen) atoms. The van der Waals surface area contributed by atoms with Gasteiger partial charge >= 0.3 is 0 Å². The lowest BCUT2D eigenvalue weighted by molar-refractivity contribution is -0.723. The standard InChI is InChI=1S/C21H27N3OS/c25-19-10-16(23-21-24(19)17-3-1-2-4-18(17)26-21)11-22-20-14-6-12-5-13(8-14)9-15(20)7-12/h10,12-15,20,22H,1-9,11H2/p+1. The second-order valence-electron chi connectivity index (χ2n) is 9.33. The Kier molecular flexibility index (Phi) is 3.59. The molecule has 0 saturated heterocycles. The van der Waals surface area contributed by atoms with E-state index in [1.807, 2.05) is 4.40 Å². The summed E-state index contributed by atoms with van der Waals surface area (Å²) < 4.78 is 1.89. The van der Waals surface area contributed by atoms with Crippen LogP contribution in [0.3, 0.4) is 0 Å². The first kappa shape index (κ1) is 15.8. The van der Waals surface area contributed by atoms with Gasteiger partial charge in [0.1, 0.15) is 12.2 Å². The predicted molar refractivity (Wildman–Crippen MR) is 102 cm³/mol. The summed E-state index contributed by atoms with van der Waals surface area (Å²) in [6.07, 6.45) is 12.0. The van der Waals surface area contributed by atoms with Crippen molar-refractivity contribution in [1.82, 2.24) is 9.38 Å². The van der Waals surface area contributed by atoms with Gasteiger partial charge in [0.05, 0.1) is 6.04 Å². The average molecular weight is 371 g/mol. The number of rotatable bonds is 3. The molecule has 0 amide bonds. The number of thiazole rings is 1. The third-order valence-electron chi connectivity index (χ3n) is 7.71. The summed E-state index contributed by atoms with van der Waals surface area (Å²) in [5, 5.41) is 2.54. The highest BCUT2D eigenvalue weighted by Gasteiger charge is 2.50. The van der Waals surface area contributed by atoms with Crippen LogP contribution in [0.25, 0.3) is 4.96 Å². The Morgan fingerprint density at radius 3 is 2.58 bits per heavy atom. The fourth-order valence-electron chi connectivity index (χ4n) is 6.86. The SMILES string of the molecule is O=c1cc(C[NH2+]C2C3CC4CC(C3)CC2C4)nc2sc3c(n12)CCCC3. The molecule has 5 heteroatoms. The molecule has 5 aliphatic carbocycles. The van der Waals surface area contributed by atoms with Crippen LogP contribution in [-0.4, -0.2) is 15.4 Å². The van der Waals surface area contributed by atoms with Crippen molar-refractivity contribution < 1.29 is 5.32 Å². The van der Waals surface area contributed by atoms with E-state index in [2.05, 4.69) is 5.32 Å². The van der Waals surface area contributed by atoms with Crippen LogP contribution in [0, 0.1) is 23.7 Å². The van der Waals surface area contributed by atoms with E-state index in [4.69, 9.17) is 4.98 Å². The molecule has 7 rings (SSSR count). The Morgan fingerprint density at radius 1 is 1.08 bits per heavy atom. The number of hydrogen-bond acceptors (Lipinski definition) is 3. The quantitative estimate of drug-likeness (QED) is 0.903. The molecule has 2 heterocycles. The van der Waals surface area contributed by atoms with E-state index in [0.29, 0.717) is 0 Å². The molecule has 2 aromatic heterocycles. The van der Waals surface area contributed by atoms with Gasteiger partial charge in [0.2, 0.25) is 0 Å². The Balaban J connectivity index is 1.25. The lowest BCUT2D eigenvalue weighted by atomic mass is 9.54. The van der Waals surface area contributed by atoms with Gasteiger partial charge in [0.25, 0.3) is 5.56 Å². The first-order chi connectivity index (χ1) is 12.7. The van der Waals surface area contributed by atoms with Crippen LogP contribution in [0.2, 0.25) is 0 Å². The molecular formula is C21H28N3OS+. The molecule has 0 spiro atoms. The number of nitrogens with zero attached hydrogens (tertiary/aromatic N) is 2. The second kappa shape index (κ2) is 5.90. The molecule has 0 unspecified atom stereocenters. The van der Waals surface area contributed by atoms with E-state index >= 15 is 0 Å². The van der Waals surface area contributed by atoms with E-state index in [1.165, 1.54) is 55.5 Å². The Labute approximate surface area is 158 Å². The summed E-state index contributed by atoms with van der Waals surface area (Å²) in [5.41, 5.74) is 2.37. The normalized spacial score (nSPS) is 35.2. The van der Waals surface area contributed by atoms with Crippen molar-refractivity contribution in [3.8, 4) is 0 Å². The highest BCUT2D eigenvalue weighted by atomic mass is 32.1. The minimum Gasteiger partial charge on any atom is -0.338 e. The molecule has 4 fully saturated rings. The number of fused-ring (bicyclic) bond motifs is 3. The van der Waals surface area contributed by atoms with Crippen LogP contribution in [0.4, 0.5) is 0 Å². The zero-order chi connectivity index (χ0) is 17.3. The minimum atomic E-state index is 0.142. The van der Waals surface area contributed by atoms with Gasteiger partial charge in [-0.15, -0.1) is 11.3 Å². The fraction of sp³-hybridized carbons (Fsp3) is 0.714. The first-order valence-corrected chi connectivity index (χ1v) is 11.4. The van der Waals surface area contributed by atoms with Gasteiger partial charge < -0.3 is 5.32 Å². The van der Waals surface area contributed by atoms with Crippen molar-refractivity contribution in [2.24, 2.45) is 23.7 Å². The Hall–Kier alpha value is -1.20. The van der Waals surface area contributed by atoms with Gasteiger partial charge in [0, 0.05) is 28.5 Å². The molecule has 4 nitrogen and oxygen atoms in total. The molecule has 0 aromatic carbocycles. The first-order valence-electron chi connectivity index (χ1n) is 10.6. The summed E-state index contributed by atoms with van der Waals surface area (Å²) >= 11 is 1.75. The monoisotopic (exact) mass is 370 g/mol. The van der Waals surface area contributed by atoms with Gasteiger partial charge in [-0.3, -0.25) is 9.20 Å². The summed E-state index contributed by atoms with van der Waals surface area (Å²) in [4.78, 5) is 20.0. The maximum absolute atomic E-state index is 12.7. The molecule has 5 aliphatic rings. The van der Waals surface area contributed by atoms with Crippen LogP contribution in [-0.2, 0) is 19.4 Å². The third-order valence-corrected chi connectivity index (χ3v) is 8.86. The van der Waals surface area contributed by atoms with E-state index in [1.54, 1.807) is 17.4 Å². The third kappa shape index (κ3) is 2.43. The molecular weight excluding hydrogens is 342 g/mol. The summed E-state index contributed by atoms with van der Waals surface area (Å²) in [6, 6.07) is 2.58.